The van der Waals surface area contributed by atoms with E-state index in [1.165, 1.54) is 0 Å². The number of benzene rings is 1. The SMILES string of the molecule is CNC(C)CNC(=O)Cc1cc(F)c(OC)c(S(N)(=O)=O)c1. The highest BCUT2D eigenvalue weighted by atomic mass is 32.2. The second-order valence-corrected chi connectivity index (χ2v) is 6.35. The predicted octanol–water partition coefficient (Wildman–Crippen LogP) is -0.252. The van der Waals surface area contributed by atoms with E-state index in [0.717, 1.165) is 19.2 Å². The number of carbonyl (C=O) groups excluding carboxylic acids is 1. The lowest BCUT2D eigenvalue weighted by atomic mass is 10.1. The van der Waals surface area contributed by atoms with E-state index in [2.05, 4.69) is 10.6 Å². The van der Waals surface area contributed by atoms with Crippen molar-refractivity contribution in [3.8, 4) is 5.75 Å². The summed E-state index contributed by atoms with van der Waals surface area (Å²) in [5.74, 6) is -1.71. The molecule has 0 fully saturated rings. The van der Waals surface area contributed by atoms with E-state index in [1.807, 2.05) is 6.92 Å². The number of rotatable bonds is 7. The molecule has 0 spiro atoms. The summed E-state index contributed by atoms with van der Waals surface area (Å²) in [5.41, 5.74) is 0.192. The molecule has 7 nitrogen and oxygen atoms in total. The lowest BCUT2D eigenvalue weighted by molar-refractivity contribution is -0.120. The number of hydrogen-bond donors (Lipinski definition) is 3. The summed E-state index contributed by atoms with van der Waals surface area (Å²) in [4.78, 5) is 11.3. The predicted molar refractivity (Wildman–Crippen MR) is 79.6 cm³/mol. The molecule has 1 rings (SSSR count). The fourth-order valence-electron chi connectivity index (χ4n) is 1.75. The third kappa shape index (κ3) is 4.93. The van der Waals surface area contributed by atoms with Crippen molar-refractivity contribution in [1.82, 2.24) is 10.6 Å². The van der Waals surface area contributed by atoms with Crippen molar-refractivity contribution >= 4 is 15.9 Å². The molecule has 0 aromatic heterocycles. The topological polar surface area (TPSA) is 111 Å². The minimum Gasteiger partial charge on any atom is -0.492 e. The van der Waals surface area contributed by atoms with Gasteiger partial charge in [0.25, 0.3) is 0 Å². The highest BCUT2D eigenvalue weighted by molar-refractivity contribution is 7.89. The van der Waals surface area contributed by atoms with Crippen molar-refractivity contribution in [1.29, 1.82) is 0 Å². The van der Waals surface area contributed by atoms with Crippen molar-refractivity contribution in [3.05, 3.63) is 23.5 Å². The second kappa shape index (κ2) is 7.52. The van der Waals surface area contributed by atoms with E-state index in [4.69, 9.17) is 9.88 Å². The van der Waals surface area contributed by atoms with Crippen LogP contribution in [0.15, 0.2) is 17.0 Å². The third-order valence-corrected chi connectivity index (χ3v) is 3.96. The summed E-state index contributed by atoms with van der Waals surface area (Å²) in [6.45, 7) is 2.28. The number of likely N-dealkylation sites (N-methyl/N-ethyl adjacent to an activating group) is 1. The van der Waals surface area contributed by atoms with Crippen LogP contribution in [0.4, 0.5) is 4.39 Å². The summed E-state index contributed by atoms with van der Waals surface area (Å²) in [6, 6.07) is 2.27. The Morgan fingerprint density at radius 3 is 2.59 bits per heavy atom. The van der Waals surface area contributed by atoms with Crippen LogP contribution in [0.1, 0.15) is 12.5 Å². The van der Waals surface area contributed by atoms with Crippen LogP contribution >= 0.6 is 0 Å². The molecule has 22 heavy (non-hydrogen) atoms. The van der Waals surface area contributed by atoms with Gasteiger partial charge < -0.3 is 15.4 Å². The molecule has 0 aliphatic carbocycles. The standard InChI is InChI=1S/C13H20FN3O4S/c1-8(16-2)7-17-12(18)6-9-4-10(14)13(21-3)11(5-9)22(15,19)20/h4-5,8,16H,6-7H2,1-3H3,(H,17,18)(H2,15,19,20). The van der Waals surface area contributed by atoms with Crippen LogP contribution in [0.5, 0.6) is 5.75 Å². The van der Waals surface area contributed by atoms with Gasteiger partial charge in [-0.15, -0.1) is 0 Å². The first kappa shape index (κ1) is 18.3. The molecule has 0 saturated carbocycles. The van der Waals surface area contributed by atoms with E-state index in [1.54, 1.807) is 7.05 Å². The van der Waals surface area contributed by atoms with Gasteiger partial charge in [0.2, 0.25) is 15.9 Å². The number of amides is 1. The summed E-state index contributed by atoms with van der Waals surface area (Å²) in [7, 11) is -1.27. The van der Waals surface area contributed by atoms with Crippen LogP contribution in [-0.2, 0) is 21.2 Å². The van der Waals surface area contributed by atoms with Crippen molar-refractivity contribution < 1.29 is 22.3 Å². The number of sulfonamides is 1. The maximum absolute atomic E-state index is 13.9. The molecule has 0 heterocycles. The Morgan fingerprint density at radius 1 is 1.45 bits per heavy atom. The van der Waals surface area contributed by atoms with Crippen molar-refractivity contribution in [2.24, 2.45) is 5.14 Å². The molecule has 1 unspecified atom stereocenters. The molecule has 0 aliphatic heterocycles. The van der Waals surface area contributed by atoms with Gasteiger partial charge in [-0.1, -0.05) is 0 Å². The Hall–Kier alpha value is -1.71. The quantitative estimate of drug-likeness (QED) is 0.637. The molecule has 1 atom stereocenters. The molecule has 0 bridgehead atoms. The number of ether oxygens (including phenoxy) is 1. The molecule has 4 N–H and O–H groups in total. The van der Waals surface area contributed by atoms with Gasteiger partial charge in [-0.05, 0) is 31.7 Å². The zero-order chi connectivity index (χ0) is 16.9. The smallest absolute Gasteiger partial charge is 0.241 e. The Balaban J connectivity index is 2.98. The zero-order valence-corrected chi connectivity index (χ0v) is 13.5. The van der Waals surface area contributed by atoms with Crippen LogP contribution in [0, 0.1) is 5.82 Å². The molecule has 1 aromatic rings. The second-order valence-electron chi connectivity index (χ2n) is 4.82. The minimum atomic E-state index is -4.16. The molecule has 0 radical (unpaired) electrons. The van der Waals surface area contributed by atoms with E-state index in [-0.39, 0.29) is 23.9 Å². The number of hydrogen-bond acceptors (Lipinski definition) is 5. The summed E-state index contributed by atoms with van der Waals surface area (Å²) in [5, 5.41) is 10.6. The largest absolute Gasteiger partial charge is 0.492 e. The van der Waals surface area contributed by atoms with Gasteiger partial charge in [0.15, 0.2) is 11.6 Å². The highest BCUT2D eigenvalue weighted by Gasteiger charge is 2.21. The molecular weight excluding hydrogens is 313 g/mol. The Kier molecular flexibility index (Phi) is 6.27. The van der Waals surface area contributed by atoms with Crippen LogP contribution in [-0.4, -0.2) is 41.1 Å². The summed E-state index contributed by atoms with van der Waals surface area (Å²) < 4.78 is 41.5. The number of nitrogens with one attached hydrogen (secondary N) is 2. The lowest BCUT2D eigenvalue weighted by Crippen LogP contribution is -2.37. The minimum absolute atomic E-state index is 0.0801. The third-order valence-electron chi connectivity index (χ3n) is 3.04. The average molecular weight is 333 g/mol. The molecule has 0 saturated heterocycles. The number of methoxy groups -OCH3 is 1. The van der Waals surface area contributed by atoms with Crippen molar-refractivity contribution in [2.75, 3.05) is 20.7 Å². The van der Waals surface area contributed by atoms with Crippen LogP contribution < -0.4 is 20.5 Å². The lowest BCUT2D eigenvalue weighted by Gasteiger charge is -2.13. The van der Waals surface area contributed by atoms with Gasteiger partial charge in [0.05, 0.1) is 13.5 Å². The summed E-state index contributed by atoms with van der Waals surface area (Å²) >= 11 is 0. The monoisotopic (exact) mass is 333 g/mol. The fraction of sp³-hybridized carbons (Fsp3) is 0.462. The Bertz CT molecular complexity index is 649. The maximum Gasteiger partial charge on any atom is 0.241 e. The van der Waals surface area contributed by atoms with Crippen molar-refractivity contribution in [2.45, 2.75) is 24.3 Å². The van der Waals surface area contributed by atoms with E-state index < -0.39 is 26.5 Å². The Morgan fingerprint density at radius 2 is 2.09 bits per heavy atom. The van der Waals surface area contributed by atoms with Crippen molar-refractivity contribution in [3.63, 3.8) is 0 Å². The molecule has 0 aliphatic rings. The maximum atomic E-state index is 13.9. The first-order valence-electron chi connectivity index (χ1n) is 6.52. The van der Waals surface area contributed by atoms with Crippen LogP contribution in [0.3, 0.4) is 0 Å². The van der Waals surface area contributed by atoms with E-state index >= 15 is 0 Å². The van der Waals surface area contributed by atoms with E-state index in [9.17, 15) is 17.6 Å². The van der Waals surface area contributed by atoms with Gasteiger partial charge in [-0.2, -0.15) is 0 Å². The van der Waals surface area contributed by atoms with Gasteiger partial charge in [-0.25, -0.2) is 17.9 Å². The number of halogens is 1. The highest BCUT2D eigenvalue weighted by Crippen LogP contribution is 2.27. The molecule has 124 valence electrons. The summed E-state index contributed by atoms with van der Waals surface area (Å²) in [6.07, 6.45) is -0.167. The first-order chi connectivity index (χ1) is 10.2. The normalized spacial score (nSPS) is 12.8. The number of primary sulfonamides is 1. The molecule has 1 aromatic carbocycles. The average Bonchev–Trinajstić information content (AvgIpc) is 2.43. The van der Waals surface area contributed by atoms with Gasteiger partial charge >= 0.3 is 0 Å². The van der Waals surface area contributed by atoms with Gasteiger partial charge in [-0.3, -0.25) is 4.79 Å². The first-order valence-corrected chi connectivity index (χ1v) is 8.06. The van der Waals surface area contributed by atoms with Gasteiger partial charge in [0, 0.05) is 12.6 Å². The number of nitrogens with two attached hydrogens (primary N) is 1. The fourth-order valence-corrected chi connectivity index (χ4v) is 2.50. The van der Waals surface area contributed by atoms with Crippen LogP contribution in [0.25, 0.3) is 0 Å². The molecule has 1 amide bonds. The zero-order valence-electron chi connectivity index (χ0n) is 12.6. The van der Waals surface area contributed by atoms with Gasteiger partial charge in [0.1, 0.15) is 4.90 Å². The molecule has 9 heteroatoms. The number of carbonyl (C=O) groups is 1. The molecular formula is C13H20FN3O4S. The van der Waals surface area contributed by atoms with Crippen LogP contribution in [0.2, 0.25) is 0 Å². The van der Waals surface area contributed by atoms with E-state index in [0.29, 0.717) is 6.54 Å². The Labute approximate surface area is 129 Å².